The van der Waals surface area contributed by atoms with E-state index in [2.05, 4.69) is 10.6 Å². The number of hydrogen-bond acceptors (Lipinski definition) is 11. The smallest absolute Gasteiger partial charge is 0.320 e. The normalized spacial score (nSPS) is 26.2. The summed E-state index contributed by atoms with van der Waals surface area (Å²) in [7, 11) is 2.99. The molecule has 18 heteroatoms. The first-order valence-corrected chi connectivity index (χ1v) is 14.3. The van der Waals surface area contributed by atoms with Crippen molar-refractivity contribution in [3.05, 3.63) is 46.2 Å². The molecule has 8 N–H and O–H groups in total. The number of rotatable bonds is 10. The van der Waals surface area contributed by atoms with Gasteiger partial charge in [0.05, 0.1) is 23.9 Å². The first-order valence-electron chi connectivity index (χ1n) is 14.3. The third-order valence-electron chi connectivity index (χ3n) is 8.99. The minimum absolute atomic E-state index is 0. The molecule has 3 aliphatic rings. The molecule has 1 amide bonds. The van der Waals surface area contributed by atoms with Gasteiger partial charge in [-0.25, -0.2) is 0 Å². The van der Waals surface area contributed by atoms with E-state index in [0.717, 1.165) is 12.8 Å². The van der Waals surface area contributed by atoms with Crippen molar-refractivity contribution in [2.45, 2.75) is 69.2 Å². The average Bonchev–Trinajstić information content (AvgIpc) is 2.92. The monoisotopic (exact) mass is 771 g/mol. The number of likely N-dealkylation sites (N-methyl/N-ethyl adjacent to an activating group) is 1. The van der Waals surface area contributed by atoms with Crippen LogP contribution in [0.3, 0.4) is 0 Å². The number of amides is 1. The van der Waals surface area contributed by atoms with E-state index in [4.69, 9.17) is 0 Å². The van der Waals surface area contributed by atoms with Crippen molar-refractivity contribution in [2.24, 2.45) is 11.8 Å². The molecule has 0 aromatic heterocycles. The summed E-state index contributed by atoms with van der Waals surface area (Å²) < 4.78 is 0. The molecule has 0 radical (unpaired) electrons. The lowest BCUT2D eigenvalue weighted by Gasteiger charge is -2.53. The van der Waals surface area contributed by atoms with Gasteiger partial charge in [0, 0.05) is 17.4 Å². The van der Waals surface area contributed by atoms with E-state index in [-0.39, 0.29) is 91.7 Å². The number of hydrogen-bond donors (Lipinski definition) is 8. The standard InChI is InChI=1S/C30H39N3O10.5H2S/c1-5-6-7-10-17(28(40)41)31-13-32-27(39)21-24(36)22(33(3)4)16-12-15-20(25(37)30(16,43)26(21)38)23(35)19-14(29(15,2)42)9-8-11-18(19)34;;;;;/h8-9,11,15-17,22,31,34-35,38,42-43H,5-7,10,12-13H2,1-4H3,(H,32,39)(H,40,41);5*1H2/t15-,16-,17?,22-,29+,30-;;;;;/m0...../s1. The maximum Gasteiger partial charge on any atom is 0.320 e. The van der Waals surface area contributed by atoms with Crippen LogP contribution in [-0.2, 0) is 24.8 Å². The second-order valence-corrected chi connectivity index (χ2v) is 11.9. The number of fused-ring (bicyclic) bond motifs is 3. The molecule has 0 aliphatic heterocycles. The van der Waals surface area contributed by atoms with E-state index < -0.39 is 87.0 Å². The number of Topliss-reactive ketones (excluding diaryl/α,β-unsaturated/α-hetero) is 2. The van der Waals surface area contributed by atoms with Crippen molar-refractivity contribution >= 4 is 96.7 Å². The predicted molar refractivity (Wildman–Crippen MR) is 205 cm³/mol. The Labute approximate surface area is 314 Å². The highest BCUT2D eigenvalue weighted by Crippen LogP contribution is 2.57. The zero-order valence-corrected chi connectivity index (χ0v) is 32.0. The lowest BCUT2D eigenvalue weighted by atomic mass is 9.54. The fourth-order valence-electron chi connectivity index (χ4n) is 6.74. The fourth-order valence-corrected chi connectivity index (χ4v) is 6.74. The summed E-state index contributed by atoms with van der Waals surface area (Å²) in [6.07, 6.45) is 2.39. The largest absolute Gasteiger partial charge is 0.508 e. The molecule has 1 aromatic carbocycles. The number of aliphatic hydroxyl groups excluding tert-OH is 2. The van der Waals surface area contributed by atoms with Crippen molar-refractivity contribution < 1.29 is 49.8 Å². The van der Waals surface area contributed by atoms with E-state index >= 15 is 0 Å². The van der Waals surface area contributed by atoms with Gasteiger partial charge < -0.3 is 36.0 Å². The summed E-state index contributed by atoms with van der Waals surface area (Å²) in [6, 6.07) is 1.92. The predicted octanol–water partition coefficient (Wildman–Crippen LogP) is 1.40. The third-order valence-corrected chi connectivity index (χ3v) is 8.99. The van der Waals surface area contributed by atoms with E-state index in [1.807, 2.05) is 6.92 Å². The Morgan fingerprint density at radius 1 is 1.02 bits per heavy atom. The Morgan fingerprint density at radius 3 is 2.17 bits per heavy atom. The second kappa shape index (κ2) is 18.3. The number of nitrogens with zero attached hydrogens (tertiary/aromatic N) is 1. The summed E-state index contributed by atoms with van der Waals surface area (Å²) >= 11 is 0. The number of nitrogens with one attached hydrogen (secondary N) is 2. The highest BCUT2D eigenvalue weighted by atomic mass is 32.1. The molecule has 13 nitrogen and oxygen atoms in total. The van der Waals surface area contributed by atoms with Crippen molar-refractivity contribution in [1.29, 1.82) is 0 Å². The van der Waals surface area contributed by atoms with Gasteiger partial charge in [0.15, 0.2) is 11.4 Å². The number of carbonyl (C=O) groups excluding carboxylic acids is 3. The summed E-state index contributed by atoms with van der Waals surface area (Å²) in [4.78, 5) is 54.1. The summed E-state index contributed by atoms with van der Waals surface area (Å²) in [5, 5.41) is 71.0. The number of phenolic OH excluding ortho intramolecular Hbond substituents is 1. The van der Waals surface area contributed by atoms with Crippen LogP contribution in [0.5, 0.6) is 5.75 Å². The number of aliphatic hydroxyl groups is 4. The van der Waals surface area contributed by atoms with E-state index in [1.54, 1.807) is 0 Å². The molecule has 4 rings (SSSR count). The highest BCUT2D eigenvalue weighted by Gasteiger charge is 2.66. The lowest BCUT2D eigenvalue weighted by Crippen LogP contribution is -2.67. The van der Waals surface area contributed by atoms with Crippen LogP contribution in [0.1, 0.15) is 57.1 Å². The van der Waals surface area contributed by atoms with Crippen LogP contribution >= 0.6 is 67.5 Å². The van der Waals surface area contributed by atoms with Crippen LogP contribution in [0.4, 0.5) is 0 Å². The number of aliphatic carboxylic acids is 1. The van der Waals surface area contributed by atoms with Crippen molar-refractivity contribution in [2.75, 3.05) is 20.8 Å². The van der Waals surface area contributed by atoms with Crippen LogP contribution < -0.4 is 10.6 Å². The summed E-state index contributed by atoms with van der Waals surface area (Å²) in [6.45, 7) is 2.98. The number of benzene rings is 1. The Morgan fingerprint density at radius 2 is 1.62 bits per heavy atom. The molecule has 0 heterocycles. The Balaban J connectivity index is 0. The van der Waals surface area contributed by atoms with Gasteiger partial charge in [-0.15, -0.1) is 0 Å². The van der Waals surface area contributed by atoms with Crippen LogP contribution in [-0.4, -0.2) is 97.4 Å². The number of carbonyl (C=O) groups is 4. The molecule has 0 saturated heterocycles. The molecule has 274 valence electrons. The van der Waals surface area contributed by atoms with Crippen molar-refractivity contribution in [3.8, 4) is 5.75 Å². The van der Waals surface area contributed by atoms with Gasteiger partial charge in [-0.1, -0.05) is 38.3 Å². The molecule has 0 spiro atoms. The van der Waals surface area contributed by atoms with Gasteiger partial charge >= 0.3 is 5.97 Å². The maximum absolute atomic E-state index is 14.1. The lowest BCUT2D eigenvalue weighted by molar-refractivity contribution is -0.159. The average molecular weight is 772 g/mol. The number of unbranched alkanes of at least 4 members (excludes halogenated alkanes) is 2. The Hall–Kier alpha value is -2.03. The molecular weight excluding hydrogens is 723 g/mol. The molecule has 3 aliphatic carbocycles. The highest BCUT2D eigenvalue weighted by molar-refractivity contribution is 7.60. The van der Waals surface area contributed by atoms with E-state index in [1.165, 1.54) is 44.1 Å². The number of ketones is 2. The Kier molecular flexibility index (Phi) is 18.3. The summed E-state index contributed by atoms with van der Waals surface area (Å²) in [5.41, 5.74) is -6.06. The van der Waals surface area contributed by atoms with Gasteiger partial charge in [-0.05, 0) is 45.5 Å². The third kappa shape index (κ3) is 7.96. The van der Waals surface area contributed by atoms with Crippen LogP contribution in [0.25, 0.3) is 5.76 Å². The Bertz CT molecular complexity index is 1440. The summed E-state index contributed by atoms with van der Waals surface area (Å²) in [5.74, 6) is -9.16. The number of carboxylic acid groups (broad SMARTS) is 1. The van der Waals surface area contributed by atoms with Crippen LogP contribution in [0.15, 0.2) is 35.1 Å². The van der Waals surface area contributed by atoms with Crippen molar-refractivity contribution in [1.82, 2.24) is 15.5 Å². The first-order chi connectivity index (χ1) is 20.1. The molecule has 1 unspecified atom stereocenters. The minimum Gasteiger partial charge on any atom is -0.508 e. The second-order valence-electron chi connectivity index (χ2n) is 11.9. The molecule has 1 aromatic rings. The molecule has 48 heavy (non-hydrogen) atoms. The van der Waals surface area contributed by atoms with E-state index in [9.17, 15) is 49.8 Å². The zero-order chi connectivity index (χ0) is 32.0. The van der Waals surface area contributed by atoms with Gasteiger partial charge in [0.1, 0.15) is 28.9 Å². The molecule has 1 fully saturated rings. The number of aromatic hydroxyl groups is 1. The topological polar surface area (TPSA) is 217 Å². The minimum atomic E-state index is -2.84. The maximum atomic E-state index is 14.1. The zero-order valence-electron chi connectivity index (χ0n) is 27.0. The fraction of sp³-hybridized carbons (Fsp3) is 0.533. The van der Waals surface area contributed by atoms with Gasteiger partial charge in [0.2, 0.25) is 5.78 Å². The molecule has 1 saturated carbocycles. The van der Waals surface area contributed by atoms with Gasteiger partial charge in [-0.2, -0.15) is 67.5 Å². The van der Waals surface area contributed by atoms with Gasteiger partial charge in [0.25, 0.3) is 5.91 Å². The quantitative estimate of drug-likeness (QED) is 0.0963. The molecular formula is C30H49N3O10S5. The number of carboxylic acids is 1. The van der Waals surface area contributed by atoms with Crippen LogP contribution in [0, 0.1) is 11.8 Å². The SMILES string of the molecule is CCCCCC(NCNC(=O)C1=C(O)[C@@]2(O)C(=O)C3=C(O)c4c(O)cccc4[C@@](C)(O)[C@H]3C[C@H]2[C@H](N(C)C)C1=O)C(=O)O.S.S.S.S.S. The van der Waals surface area contributed by atoms with Crippen LogP contribution in [0.2, 0.25) is 0 Å². The van der Waals surface area contributed by atoms with Gasteiger partial charge in [-0.3, -0.25) is 29.4 Å². The molecule has 6 atom stereocenters. The van der Waals surface area contributed by atoms with E-state index in [0.29, 0.717) is 12.8 Å². The molecule has 0 bridgehead atoms. The number of phenols is 1. The van der Waals surface area contributed by atoms with Crippen molar-refractivity contribution in [3.63, 3.8) is 0 Å². The first kappa shape index (κ1) is 48.1.